The zero-order chi connectivity index (χ0) is 16.5. The van der Waals surface area contributed by atoms with Crippen molar-refractivity contribution in [1.82, 2.24) is 24.4 Å². The van der Waals surface area contributed by atoms with E-state index in [1.165, 1.54) is 12.1 Å². The third kappa shape index (κ3) is 2.45. The van der Waals surface area contributed by atoms with Crippen molar-refractivity contribution in [3.05, 3.63) is 66.6 Å². The molecule has 3 heterocycles. The normalized spacial score (nSPS) is 10.8. The first-order valence-corrected chi connectivity index (χ1v) is 7.16. The maximum absolute atomic E-state index is 10.9. The summed E-state index contributed by atoms with van der Waals surface area (Å²) >= 11 is 0. The molecule has 8 heteroatoms. The van der Waals surface area contributed by atoms with Crippen molar-refractivity contribution in [2.75, 3.05) is 5.32 Å². The minimum Gasteiger partial charge on any atom is -0.478 e. The predicted octanol–water partition coefficient (Wildman–Crippen LogP) is 2.36. The number of hydrogen-bond acceptors (Lipinski definition) is 5. The van der Waals surface area contributed by atoms with Crippen LogP contribution < -0.4 is 5.32 Å². The van der Waals surface area contributed by atoms with E-state index >= 15 is 0 Å². The van der Waals surface area contributed by atoms with Crippen LogP contribution in [0.5, 0.6) is 0 Å². The van der Waals surface area contributed by atoms with Gasteiger partial charge in [0.2, 0.25) is 5.95 Å². The molecule has 118 valence electrons. The van der Waals surface area contributed by atoms with Crippen LogP contribution in [0.1, 0.15) is 10.4 Å². The van der Waals surface area contributed by atoms with Crippen molar-refractivity contribution in [1.29, 1.82) is 0 Å². The molecular weight excluding hydrogens is 308 g/mol. The van der Waals surface area contributed by atoms with Gasteiger partial charge >= 0.3 is 5.97 Å². The van der Waals surface area contributed by atoms with Gasteiger partial charge in [0.25, 0.3) is 0 Å². The largest absolute Gasteiger partial charge is 0.478 e. The SMILES string of the molecule is O=C(O)c1ccc(Nc2nc3c(-n4cccn4)cccn3n2)cc1. The van der Waals surface area contributed by atoms with Gasteiger partial charge in [-0.25, -0.2) is 14.0 Å². The van der Waals surface area contributed by atoms with E-state index in [1.807, 2.05) is 24.4 Å². The first-order chi connectivity index (χ1) is 11.7. The molecule has 1 aromatic carbocycles. The summed E-state index contributed by atoms with van der Waals surface area (Å²) in [4.78, 5) is 15.4. The van der Waals surface area contributed by atoms with E-state index in [9.17, 15) is 4.79 Å². The molecule has 0 atom stereocenters. The number of carboxylic acids is 1. The molecule has 0 amide bonds. The summed E-state index contributed by atoms with van der Waals surface area (Å²) in [7, 11) is 0. The molecule has 4 aromatic rings. The summed E-state index contributed by atoms with van der Waals surface area (Å²) in [6.07, 6.45) is 5.33. The average Bonchev–Trinajstić information content (AvgIpc) is 3.24. The van der Waals surface area contributed by atoms with Crippen LogP contribution in [-0.2, 0) is 0 Å². The number of fused-ring (bicyclic) bond motifs is 1. The van der Waals surface area contributed by atoms with E-state index in [4.69, 9.17) is 5.11 Å². The lowest BCUT2D eigenvalue weighted by atomic mass is 10.2. The van der Waals surface area contributed by atoms with Crippen LogP contribution in [0, 0.1) is 0 Å². The van der Waals surface area contributed by atoms with Gasteiger partial charge in [-0.1, -0.05) is 0 Å². The van der Waals surface area contributed by atoms with Crippen LogP contribution in [-0.4, -0.2) is 35.5 Å². The Bertz CT molecular complexity index is 1000. The van der Waals surface area contributed by atoms with Crippen LogP contribution in [0.15, 0.2) is 61.1 Å². The second-order valence-electron chi connectivity index (χ2n) is 5.06. The summed E-state index contributed by atoms with van der Waals surface area (Å²) in [6.45, 7) is 0. The van der Waals surface area contributed by atoms with E-state index in [2.05, 4.69) is 20.5 Å². The molecule has 0 aliphatic carbocycles. The molecule has 0 saturated heterocycles. The van der Waals surface area contributed by atoms with Crippen LogP contribution in [0.4, 0.5) is 11.6 Å². The molecule has 0 bridgehead atoms. The Morgan fingerprint density at radius 2 is 1.92 bits per heavy atom. The van der Waals surface area contributed by atoms with Crippen LogP contribution in [0.3, 0.4) is 0 Å². The molecule has 0 radical (unpaired) electrons. The molecule has 3 aromatic heterocycles. The van der Waals surface area contributed by atoms with Crippen molar-refractivity contribution in [3.63, 3.8) is 0 Å². The molecule has 0 saturated carbocycles. The fraction of sp³-hybridized carbons (Fsp3) is 0. The van der Waals surface area contributed by atoms with Gasteiger partial charge in [0.1, 0.15) is 5.69 Å². The number of benzene rings is 1. The smallest absolute Gasteiger partial charge is 0.335 e. The summed E-state index contributed by atoms with van der Waals surface area (Å²) < 4.78 is 3.38. The topological polar surface area (TPSA) is 97.3 Å². The third-order valence-corrected chi connectivity index (χ3v) is 3.48. The Morgan fingerprint density at radius 1 is 1.08 bits per heavy atom. The molecule has 0 fully saturated rings. The number of aromatic carboxylic acids is 1. The molecular formula is C16H12N6O2. The standard InChI is InChI=1S/C16H12N6O2/c23-15(24)11-4-6-12(7-5-11)18-16-19-14-13(21-10-2-8-17-21)3-1-9-22(14)20-16/h1-10H,(H,18,20)(H,23,24). The first-order valence-electron chi connectivity index (χ1n) is 7.16. The number of nitrogens with one attached hydrogen (secondary N) is 1. The summed E-state index contributed by atoms with van der Waals surface area (Å²) in [5, 5.41) is 20.6. The fourth-order valence-electron chi connectivity index (χ4n) is 2.36. The van der Waals surface area contributed by atoms with Gasteiger partial charge in [-0.3, -0.25) is 0 Å². The van der Waals surface area contributed by atoms with Gasteiger partial charge < -0.3 is 10.4 Å². The van der Waals surface area contributed by atoms with Crippen LogP contribution in [0.25, 0.3) is 11.3 Å². The molecule has 0 aliphatic rings. The molecule has 0 unspecified atom stereocenters. The first kappa shape index (κ1) is 13.9. The molecule has 0 spiro atoms. The van der Waals surface area contributed by atoms with E-state index in [0.29, 0.717) is 17.3 Å². The maximum Gasteiger partial charge on any atom is 0.335 e. The molecule has 0 aliphatic heterocycles. The van der Waals surface area contributed by atoms with E-state index in [1.54, 1.807) is 33.7 Å². The number of rotatable bonds is 4. The Morgan fingerprint density at radius 3 is 2.62 bits per heavy atom. The fourth-order valence-corrected chi connectivity index (χ4v) is 2.36. The summed E-state index contributed by atoms with van der Waals surface area (Å²) in [5.74, 6) is -0.547. The van der Waals surface area contributed by atoms with Crippen molar-refractivity contribution in [2.45, 2.75) is 0 Å². The Labute approximate surface area is 136 Å². The third-order valence-electron chi connectivity index (χ3n) is 3.48. The highest BCUT2D eigenvalue weighted by atomic mass is 16.4. The molecule has 24 heavy (non-hydrogen) atoms. The van der Waals surface area contributed by atoms with Gasteiger partial charge in [-0.2, -0.15) is 10.1 Å². The van der Waals surface area contributed by atoms with Gasteiger partial charge in [-0.15, -0.1) is 5.10 Å². The number of carboxylic acid groups (broad SMARTS) is 1. The quantitative estimate of drug-likeness (QED) is 0.599. The highest BCUT2D eigenvalue weighted by Crippen LogP contribution is 2.18. The number of pyridine rings is 1. The van der Waals surface area contributed by atoms with Gasteiger partial charge in [-0.05, 0) is 42.5 Å². The zero-order valence-corrected chi connectivity index (χ0v) is 12.4. The van der Waals surface area contributed by atoms with Crippen molar-refractivity contribution in [2.24, 2.45) is 0 Å². The predicted molar refractivity (Wildman–Crippen MR) is 86.8 cm³/mol. The highest BCUT2D eigenvalue weighted by Gasteiger charge is 2.10. The molecule has 2 N–H and O–H groups in total. The zero-order valence-electron chi connectivity index (χ0n) is 12.4. The number of carbonyl (C=O) groups is 1. The van der Waals surface area contributed by atoms with Crippen molar-refractivity contribution >= 4 is 23.3 Å². The highest BCUT2D eigenvalue weighted by molar-refractivity contribution is 5.88. The Balaban J connectivity index is 1.68. The van der Waals surface area contributed by atoms with E-state index in [-0.39, 0.29) is 5.56 Å². The van der Waals surface area contributed by atoms with Gasteiger partial charge in [0.05, 0.1) is 5.56 Å². The van der Waals surface area contributed by atoms with Gasteiger partial charge in [0, 0.05) is 24.3 Å². The Hall–Kier alpha value is -3.68. The lowest BCUT2D eigenvalue weighted by Gasteiger charge is -2.01. The van der Waals surface area contributed by atoms with E-state index < -0.39 is 5.97 Å². The van der Waals surface area contributed by atoms with Gasteiger partial charge in [0.15, 0.2) is 5.65 Å². The summed E-state index contributed by atoms with van der Waals surface area (Å²) in [5.41, 5.74) is 2.40. The maximum atomic E-state index is 10.9. The lowest BCUT2D eigenvalue weighted by molar-refractivity contribution is 0.0697. The second kappa shape index (κ2) is 5.51. The number of aromatic nitrogens is 5. The molecule has 8 nitrogen and oxygen atoms in total. The minimum absolute atomic E-state index is 0.226. The number of nitrogens with zero attached hydrogens (tertiary/aromatic N) is 5. The van der Waals surface area contributed by atoms with Crippen LogP contribution in [0.2, 0.25) is 0 Å². The molecule has 4 rings (SSSR count). The second-order valence-corrected chi connectivity index (χ2v) is 5.06. The van der Waals surface area contributed by atoms with Crippen molar-refractivity contribution in [3.8, 4) is 5.69 Å². The lowest BCUT2D eigenvalue weighted by Crippen LogP contribution is -1.98. The Kier molecular flexibility index (Phi) is 3.20. The minimum atomic E-state index is -0.962. The monoisotopic (exact) mass is 320 g/mol. The number of hydrogen-bond donors (Lipinski definition) is 2. The summed E-state index contributed by atoms with van der Waals surface area (Å²) in [6, 6.07) is 12.0. The van der Waals surface area contributed by atoms with E-state index in [0.717, 1.165) is 5.69 Å². The average molecular weight is 320 g/mol. The number of anilines is 2. The van der Waals surface area contributed by atoms with Crippen LogP contribution >= 0.6 is 0 Å². The van der Waals surface area contributed by atoms with Crippen molar-refractivity contribution < 1.29 is 9.90 Å².